The fourth-order valence-corrected chi connectivity index (χ4v) is 1.95. The highest BCUT2D eigenvalue weighted by molar-refractivity contribution is 5.92. The maximum Gasteiger partial charge on any atom is 0.270 e. The molecule has 2 aromatic rings. The summed E-state index contributed by atoms with van der Waals surface area (Å²) in [5, 5.41) is 3.02. The number of carbonyl (C=O) groups excluding carboxylic acids is 1. The van der Waals surface area contributed by atoms with Gasteiger partial charge in [0.1, 0.15) is 5.69 Å². The molecule has 2 rings (SSSR count). The standard InChI is InChI=1S/C16H18N2O/c1-3-14(13-9-7-12(2)8-10-13)18-16(19)15-6-4-5-11-17-15/h4-11,14H,3H2,1-2H3,(H,18,19)/t14-/m1/s1. The first kappa shape index (κ1) is 13.3. The second kappa shape index (κ2) is 6.14. The van der Waals surface area contributed by atoms with Crippen LogP contribution in [0.5, 0.6) is 0 Å². The summed E-state index contributed by atoms with van der Waals surface area (Å²) < 4.78 is 0. The second-order valence-corrected chi connectivity index (χ2v) is 4.56. The van der Waals surface area contributed by atoms with Crippen molar-refractivity contribution in [2.24, 2.45) is 0 Å². The highest BCUT2D eigenvalue weighted by Crippen LogP contribution is 2.17. The zero-order chi connectivity index (χ0) is 13.7. The summed E-state index contributed by atoms with van der Waals surface area (Å²) in [6.45, 7) is 4.11. The average molecular weight is 254 g/mol. The third-order valence-electron chi connectivity index (χ3n) is 3.09. The van der Waals surface area contributed by atoms with Gasteiger partial charge in [0.2, 0.25) is 0 Å². The molecular formula is C16H18N2O. The van der Waals surface area contributed by atoms with Crippen LogP contribution in [0.25, 0.3) is 0 Å². The maximum absolute atomic E-state index is 12.1. The van der Waals surface area contributed by atoms with Gasteiger partial charge in [-0.2, -0.15) is 0 Å². The van der Waals surface area contributed by atoms with E-state index in [2.05, 4.69) is 48.4 Å². The van der Waals surface area contributed by atoms with E-state index < -0.39 is 0 Å². The number of aromatic nitrogens is 1. The Labute approximate surface area is 113 Å². The molecule has 1 aromatic heterocycles. The van der Waals surface area contributed by atoms with Gasteiger partial charge in [-0.05, 0) is 31.0 Å². The van der Waals surface area contributed by atoms with Crippen LogP contribution >= 0.6 is 0 Å². The Kier molecular flexibility index (Phi) is 4.29. The lowest BCUT2D eigenvalue weighted by Crippen LogP contribution is -2.28. The van der Waals surface area contributed by atoms with Crippen LogP contribution in [0.15, 0.2) is 48.7 Å². The van der Waals surface area contributed by atoms with Gasteiger partial charge in [0, 0.05) is 6.20 Å². The quantitative estimate of drug-likeness (QED) is 0.909. The van der Waals surface area contributed by atoms with E-state index in [1.165, 1.54) is 5.56 Å². The van der Waals surface area contributed by atoms with Gasteiger partial charge in [-0.15, -0.1) is 0 Å². The van der Waals surface area contributed by atoms with Crippen LogP contribution in [0.3, 0.4) is 0 Å². The maximum atomic E-state index is 12.1. The number of amides is 1. The normalized spacial score (nSPS) is 11.9. The number of pyridine rings is 1. The summed E-state index contributed by atoms with van der Waals surface area (Å²) in [6, 6.07) is 13.6. The van der Waals surface area contributed by atoms with E-state index in [0.29, 0.717) is 5.69 Å². The van der Waals surface area contributed by atoms with Crippen LogP contribution in [-0.2, 0) is 0 Å². The van der Waals surface area contributed by atoms with Gasteiger partial charge in [-0.1, -0.05) is 42.8 Å². The fourth-order valence-electron chi connectivity index (χ4n) is 1.95. The van der Waals surface area contributed by atoms with Crippen molar-refractivity contribution in [2.45, 2.75) is 26.3 Å². The molecule has 98 valence electrons. The van der Waals surface area contributed by atoms with Gasteiger partial charge in [0.25, 0.3) is 5.91 Å². The Bertz CT molecular complexity index is 534. The second-order valence-electron chi connectivity index (χ2n) is 4.56. The highest BCUT2D eigenvalue weighted by Gasteiger charge is 2.14. The molecule has 0 unspecified atom stereocenters. The van der Waals surface area contributed by atoms with Gasteiger partial charge in [0.15, 0.2) is 0 Å². The number of rotatable bonds is 4. The van der Waals surface area contributed by atoms with Crippen molar-refractivity contribution in [2.75, 3.05) is 0 Å². The Morgan fingerprint density at radius 2 is 1.95 bits per heavy atom. The third-order valence-corrected chi connectivity index (χ3v) is 3.09. The molecule has 19 heavy (non-hydrogen) atoms. The predicted molar refractivity (Wildman–Crippen MR) is 75.9 cm³/mol. The lowest BCUT2D eigenvalue weighted by molar-refractivity contribution is 0.0930. The minimum Gasteiger partial charge on any atom is -0.344 e. The minimum absolute atomic E-state index is 0.0232. The lowest BCUT2D eigenvalue weighted by atomic mass is 10.0. The smallest absolute Gasteiger partial charge is 0.270 e. The van der Waals surface area contributed by atoms with E-state index in [-0.39, 0.29) is 11.9 Å². The molecule has 1 N–H and O–H groups in total. The van der Waals surface area contributed by atoms with Crippen LogP contribution < -0.4 is 5.32 Å². The van der Waals surface area contributed by atoms with Crippen molar-refractivity contribution in [1.82, 2.24) is 10.3 Å². The lowest BCUT2D eigenvalue weighted by Gasteiger charge is -2.17. The molecule has 0 saturated heterocycles. The Balaban J connectivity index is 2.11. The monoisotopic (exact) mass is 254 g/mol. The molecule has 0 fully saturated rings. The topological polar surface area (TPSA) is 42.0 Å². The summed E-state index contributed by atoms with van der Waals surface area (Å²) in [5.41, 5.74) is 2.79. The number of nitrogens with zero attached hydrogens (tertiary/aromatic N) is 1. The molecule has 1 aromatic carbocycles. The zero-order valence-corrected chi connectivity index (χ0v) is 11.3. The Hall–Kier alpha value is -2.16. The molecule has 3 heteroatoms. The van der Waals surface area contributed by atoms with E-state index >= 15 is 0 Å². The number of carbonyl (C=O) groups is 1. The molecule has 1 amide bonds. The summed E-state index contributed by atoms with van der Waals surface area (Å²) >= 11 is 0. The van der Waals surface area contributed by atoms with Crippen molar-refractivity contribution < 1.29 is 4.79 Å². The van der Waals surface area contributed by atoms with Crippen molar-refractivity contribution in [3.8, 4) is 0 Å². The fraction of sp³-hybridized carbons (Fsp3) is 0.250. The van der Waals surface area contributed by atoms with Crippen molar-refractivity contribution >= 4 is 5.91 Å². The van der Waals surface area contributed by atoms with E-state index in [0.717, 1.165) is 12.0 Å². The molecule has 0 spiro atoms. The SMILES string of the molecule is CC[C@@H](NC(=O)c1ccccn1)c1ccc(C)cc1. The number of aryl methyl sites for hydroxylation is 1. The van der Waals surface area contributed by atoms with E-state index in [4.69, 9.17) is 0 Å². The van der Waals surface area contributed by atoms with Gasteiger partial charge >= 0.3 is 0 Å². The number of hydrogen-bond acceptors (Lipinski definition) is 2. The third kappa shape index (κ3) is 3.41. The van der Waals surface area contributed by atoms with Crippen molar-refractivity contribution in [3.63, 3.8) is 0 Å². The average Bonchev–Trinajstić information content (AvgIpc) is 2.46. The number of hydrogen-bond donors (Lipinski definition) is 1. The largest absolute Gasteiger partial charge is 0.344 e. The summed E-state index contributed by atoms with van der Waals surface area (Å²) in [5.74, 6) is -0.131. The van der Waals surface area contributed by atoms with Gasteiger partial charge < -0.3 is 5.32 Å². The first-order chi connectivity index (χ1) is 9.20. The van der Waals surface area contributed by atoms with E-state index in [9.17, 15) is 4.79 Å². The first-order valence-electron chi connectivity index (χ1n) is 6.49. The predicted octanol–water partition coefficient (Wildman–Crippen LogP) is 3.27. The van der Waals surface area contributed by atoms with Crippen LogP contribution in [-0.4, -0.2) is 10.9 Å². The summed E-state index contributed by atoms with van der Waals surface area (Å²) in [6.07, 6.45) is 2.48. The molecule has 0 saturated carbocycles. The van der Waals surface area contributed by atoms with Crippen molar-refractivity contribution in [1.29, 1.82) is 0 Å². The van der Waals surface area contributed by atoms with Crippen molar-refractivity contribution in [3.05, 3.63) is 65.5 Å². The van der Waals surface area contributed by atoms with Crippen LogP contribution in [0.4, 0.5) is 0 Å². The van der Waals surface area contributed by atoms with E-state index in [1.54, 1.807) is 18.3 Å². The molecule has 0 radical (unpaired) electrons. The number of benzene rings is 1. The summed E-state index contributed by atoms with van der Waals surface area (Å²) in [7, 11) is 0. The highest BCUT2D eigenvalue weighted by atomic mass is 16.1. The van der Waals surface area contributed by atoms with E-state index in [1.807, 2.05) is 6.07 Å². The molecule has 0 aliphatic heterocycles. The van der Waals surface area contributed by atoms with Gasteiger partial charge in [-0.25, -0.2) is 0 Å². The van der Waals surface area contributed by atoms with Crippen LogP contribution in [0.2, 0.25) is 0 Å². The first-order valence-corrected chi connectivity index (χ1v) is 6.49. The molecule has 0 aliphatic carbocycles. The van der Waals surface area contributed by atoms with Gasteiger partial charge in [-0.3, -0.25) is 9.78 Å². The number of nitrogens with one attached hydrogen (secondary N) is 1. The zero-order valence-electron chi connectivity index (χ0n) is 11.3. The molecular weight excluding hydrogens is 236 g/mol. The minimum atomic E-state index is -0.131. The molecule has 0 bridgehead atoms. The Morgan fingerprint density at radius 1 is 1.21 bits per heavy atom. The Morgan fingerprint density at radius 3 is 2.53 bits per heavy atom. The van der Waals surface area contributed by atoms with Gasteiger partial charge in [0.05, 0.1) is 6.04 Å². The molecule has 1 atom stereocenters. The van der Waals surface area contributed by atoms with Crippen LogP contribution in [0.1, 0.15) is 41.0 Å². The van der Waals surface area contributed by atoms with Crippen LogP contribution in [0, 0.1) is 6.92 Å². The summed E-state index contributed by atoms with van der Waals surface area (Å²) in [4.78, 5) is 16.1. The molecule has 1 heterocycles. The molecule has 3 nitrogen and oxygen atoms in total. The molecule has 0 aliphatic rings.